The minimum Gasteiger partial charge on any atom is -0.497 e. The van der Waals surface area contributed by atoms with Gasteiger partial charge < -0.3 is 19.7 Å². The number of fused-ring (bicyclic) bond motifs is 2. The number of Topliss-reactive ketones (excluding diaryl/α,β-unsaturated/α-hetero) is 1. The zero-order valence-electron chi connectivity index (χ0n) is 25.4. The first-order valence-electron chi connectivity index (χ1n) is 15.0. The van der Waals surface area contributed by atoms with Crippen molar-refractivity contribution < 1.29 is 37.1 Å². The topological polar surface area (TPSA) is 148 Å². The van der Waals surface area contributed by atoms with Gasteiger partial charge in [-0.15, -0.1) is 0 Å². The number of amides is 3. The van der Waals surface area contributed by atoms with E-state index in [9.17, 15) is 27.6 Å². The predicted octanol–water partition coefficient (Wildman–Crippen LogP) is 3.87. The Bertz CT molecular complexity index is 1350. The van der Waals surface area contributed by atoms with Gasteiger partial charge in [0.05, 0.1) is 23.5 Å². The highest BCUT2D eigenvalue weighted by Gasteiger charge is 2.61. The Balaban J connectivity index is 1.55. The van der Waals surface area contributed by atoms with Gasteiger partial charge >= 0.3 is 6.09 Å². The Morgan fingerprint density at radius 2 is 1.74 bits per heavy atom. The van der Waals surface area contributed by atoms with E-state index >= 15 is 0 Å². The lowest BCUT2D eigenvalue weighted by atomic mass is 9.91. The summed E-state index contributed by atoms with van der Waals surface area (Å²) < 4.78 is 38.9. The first-order valence-corrected chi connectivity index (χ1v) is 16.4. The van der Waals surface area contributed by atoms with Gasteiger partial charge in [-0.05, 0) is 89.5 Å². The number of nitrogens with one attached hydrogen (secondary N) is 2. The Hall–Kier alpha value is -3.41. The van der Waals surface area contributed by atoms with Crippen LogP contribution in [0.15, 0.2) is 41.3 Å². The summed E-state index contributed by atoms with van der Waals surface area (Å²) in [6.45, 7) is 5.59. The molecule has 0 bridgehead atoms. The average molecular weight is 618 g/mol. The fourth-order valence-electron chi connectivity index (χ4n) is 5.92. The van der Waals surface area contributed by atoms with Gasteiger partial charge in [-0.3, -0.25) is 14.4 Å². The first kappa shape index (κ1) is 32.5. The molecule has 236 valence electrons. The van der Waals surface area contributed by atoms with Crippen LogP contribution < -0.4 is 14.8 Å². The van der Waals surface area contributed by atoms with Crippen molar-refractivity contribution in [3.63, 3.8) is 0 Å². The van der Waals surface area contributed by atoms with E-state index in [-0.39, 0.29) is 28.9 Å². The molecule has 2 heterocycles. The highest BCUT2D eigenvalue weighted by Crippen LogP contribution is 2.57. The second kappa shape index (κ2) is 13.1. The van der Waals surface area contributed by atoms with Crippen LogP contribution in [0.1, 0.15) is 78.6 Å². The number of allylic oxidation sites excluding steroid dienone is 2. The number of hydrogen-bond donors (Lipinski definition) is 2. The van der Waals surface area contributed by atoms with E-state index in [0.717, 1.165) is 19.3 Å². The fraction of sp³-hybridized carbons (Fsp3) is 0.613. The van der Waals surface area contributed by atoms with Crippen LogP contribution in [0.5, 0.6) is 5.75 Å². The molecule has 11 nitrogen and oxygen atoms in total. The summed E-state index contributed by atoms with van der Waals surface area (Å²) in [5.41, 5.74) is -1.96. The summed E-state index contributed by atoms with van der Waals surface area (Å²) in [6, 6.07) is 4.08. The molecule has 4 atom stereocenters. The molecule has 0 aromatic heterocycles. The average Bonchev–Trinajstić information content (AvgIpc) is 3.40. The van der Waals surface area contributed by atoms with Gasteiger partial charge in [-0.1, -0.05) is 25.0 Å². The van der Waals surface area contributed by atoms with E-state index in [2.05, 4.69) is 10.0 Å². The van der Waals surface area contributed by atoms with E-state index < -0.39 is 45.1 Å². The smallest absolute Gasteiger partial charge is 0.408 e. The molecule has 1 aromatic rings. The maximum atomic E-state index is 13.8. The second-order valence-electron chi connectivity index (χ2n) is 12.7. The van der Waals surface area contributed by atoms with Crippen LogP contribution >= 0.6 is 0 Å². The highest BCUT2D eigenvalue weighted by atomic mass is 32.2. The lowest BCUT2D eigenvalue weighted by Gasteiger charge is -2.30. The van der Waals surface area contributed by atoms with Crippen LogP contribution in [0, 0.1) is 11.3 Å². The zero-order valence-corrected chi connectivity index (χ0v) is 26.2. The number of hydrogen-bond acceptors (Lipinski definition) is 8. The minimum atomic E-state index is -4.19. The first-order chi connectivity index (χ1) is 20.3. The summed E-state index contributed by atoms with van der Waals surface area (Å²) in [6.07, 6.45) is 7.90. The Labute approximate surface area is 253 Å². The van der Waals surface area contributed by atoms with E-state index in [1.807, 2.05) is 12.2 Å². The number of nitrogens with zero attached hydrogens (tertiary/aromatic N) is 1. The molecule has 12 heteroatoms. The molecule has 0 unspecified atom stereocenters. The van der Waals surface area contributed by atoms with Crippen LogP contribution in [0.4, 0.5) is 4.79 Å². The number of carbonyl (C=O) groups excluding carboxylic acids is 4. The molecule has 2 N–H and O–H groups in total. The molecule has 4 rings (SSSR count). The number of carbonyl (C=O) groups is 4. The van der Waals surface area contributed by atoms with Crippen molar-refractivity contribution in [2.75, 3.05) is 13.7 Å². The molecule has 1 aliphatic carbocycles. The summed E-state index contributed by atoms with van der Waals surface area (Å²) in [7, 11) is -2.73. The molecule has 43 heavy (non-hydrogen) atoms. The van der Waals surface area contributed by atoms with E-state index in [1.165, 1.54) is 36.3 Å². The number of methoxy groups -OCH3 is 1. The van der Waals surface area contributed by atoms with Gasteiger partial charge in [0, 0.05) is 13.0 Å². The van der Waals surface area contributed by atoms with Crippen molar-refractivity contribution in [2.24, 2.45) is 11.3 Å². The number of alkyl carbamates (subject to hydrolysis) is 1. The maximum Gasteiger partial charge on any atom is 0.408 e. The fourth-order valence-corrected chi connectivity index (χ4v) is 6.98. The zero-order chi connectivity index (χ0) is 31.4. The number of sulfonamides is 1. The Morgan fingerprint density at radius 3 is 2.42 bits per heavy atom. The highest BCUT2D eigenvalue weighted by molar-refractivity contribution is 7.90. The third-order valence-corrected chi connectivity index (χ3v) is 9.65. The monoisotopic (exact) mass is 617 g/mol. The lowest BCUT2D eigenvalue weighted by molar-refractivity contribution is -0.140. The van der Waals surface area contributed by atoms with Gasteiger partial charge in [-0.2, -0.15) is 0 Å². The summed E-state index contributed by atoms with van der Waals surface area (Å²) >= 11 is 0. The predicted molar refractivity (Wildman–Crippen MR) is 159 cm³/mol. The minimum absolute atomic E-state index is 0.0923. The van der Waals surface area contributed by atoms with E-state index in [0.29, 0.717) is 44.4 Å². The Morgan fingerprint density at radius 1 is 1.02 bits per heavy atom. The normalized spacial score (nSPS) is 27.5. The molecule has 2 aliphatic heterocycles. The van der Waals surface area contributed by atoms with Crippen molar-refractivity contribution in [3.8, 4) is 5.75 Å². The molecule has 1 saturated heterocycles. The SMILES string of the molecule is COc1ccc(S(=O)(=O)NC(=O)[C@]23CC(=O)[C@@H]4CCCN4C(=O)[C@@H](NC(=O)OC(C)(C)C)CCCCC/C=C\[C@@H]2C3)cc1. The van der Waals surface area contributed by atoms with Crippen molar-refractivity contribution in [2.45, 2.75) is 101 Å². The third kappa shape index (κ3) is 7.95. The molecule has 0 radical (unpaired) electrons. The van der Waals surface area contributed by atoms with Crippen molar-refractivity contribution in [1.82, 2.24) is 14.9 Å². The summed E-state index contributed by atoms with van der Waals surface area (Å²) in [5.74, 6) is -1.18. The lowest BCUT2D eigenvalue weighted by Crippen LogP contribution is -2.52. The molecular weight excluding hydrogens is 574 g/mol. The molecule has 1 saturated carbocycles. The Kier molecular flexibility index (Phi) is 9.88. The second-order valence-corrected chi connectivity index (χ2v) is 14.4. The van der Waals surface area contributed by atoms with Crippen molar-refractivity contribution in [1.29, 1.82) is 0 Å². The van der Waals surface area contributed by atoms with Crippen LogP contribution in [0.25, 0.3) is 0 Å². The van der Waals surface area contributed by atoms with Crippen molar-refractivity contribution in [3.05, 3.63) is 36.4 Å². The molecule has 2 fully saturated rings. The molecule has 3 aliphatic rings. The maximum absolute atomic E-state index is 13.8. The van der Waals surface area contributed by atoms with Crippen LogP contribution in [-0.4, -0.2) is 68.3 Å². The van der Waals surface area contributed by atoms with Gasteiger partial charge in [0.15, 0.2) is 5.78 Å². The largest absolute Gasteiger partial charge is 0.497 e. The summed E-state index contributed by atoms with van der Waals surface area (Å²) in [4.78, 5) is 55.1. The third-order valence-electron chi connectivity index (χ3n) is 8.30. The molecule has 3 amide bonds. The quantitative estimate of drug-likeness (QED) is 0.473. The molecule has 1 aromatic carbocycles. The van der Waals surface area contributed by atoms with Crippen LogP contribution in [0.2, 0.25) is 0 Å². The van der Waals surface area contributed by atoms with Gasteiger partial charge in [-0.25, -0.2) is 17.9 Å². The number of ether oxygens (including phenoxy) is 2. The number of benzene rings is 1. The van der Waals surface area contributed by atoms with Crippen LogP contribution in [0.3, 0.4) is 0 Å². The van der Waals surface area contributed by atoms with Crippen LogP contribution in [-0.2, 0) is 29.1 Å². The number of ketones is 1. The van der Waals surface area contributed by atoms with Gasteiger partial charge in [0.25, 0.3) is 10.0 Å². The van der Waals surface area contributed by atoms with Crippen molar-refractivity contribution >= 4 is 33.7 Å². The van der Waals surface area contributed by atoms with E-state index in [1.54, 1.807) is 20.8 Å². The standard InChI is InChI=1S/C31H43N3O8S/c1-30(2,3)42-29(38)32-24-12-9-7-5-6-8-11-21-19-31(21,20-26(35)25-13-10-18-34(25)27(24)36)28(37)33-43(39,40)23-16-14-22(41-4)15-17-23/h8,11,14-17,21,24-25H,5-7,9-10,12-13,18-20H2,1-4H3,(H,32,38)(H,33,37)/b11-8-/t21-,24+,25+,31-/m1/s1. The van der Waals surface area contributed by atoms with E-state index in [4.69, 9.17) is 9.47 Å². The molecular formula is C31H43N3O8S. The number of rotatable bonds is 5. The van der Waals surface area contributed by atoms with Gasteiger partial charge in [0.1, 0.15) is 17.4 Å². The molecule has 0 spiro atoms. The summed E-state index contributed by atoms with van der Waals surface area (Å²) in [5, 5.41) is 2.72. The van der Waals surface area contributed by atoms with Gasteiger partial charge in [0.2, 0.25) is 11.8 Å².